The summed E-state index contributed by atoms with van der Waals surface area (Å²) in [6.45, 7) is 1.04. The normalized spacial score (nSPS) is 10.7. The summed E-state index contributed by atoms with van der Waals surface area (Å²) in [5, 5.41) is 7.97. The highest BCUT2D eigenvalue weighted by atomic mass is 35.5. The molecule has 0 fully saturated rings. The lowest BCUT2D eigenvalue weighted by atomic mass is 10.2. The molecule has 184 valence electrons. The fraction of sp³-hybridized carbons (Fsp3) is 0.217. The van der Waals surface area contributed by atoms with Gasteiger partial charge in [0.25, 0.3) is 17.7 Å². The van der Waals surface area contributed by atoms with Gasteiger partial charge in [-0.1, -0.05) is 11.6 Å². The summed E-state index contributed by atoms with van der Waals surface area (Å²) < 4.78 is 18.6. The van der Waals surface area contributed by atoms with Gasteiger partial charge in [-0.2, -0.15) is 0 Å². The number of nitrogens with zero attached hydrogens (tertiary/aromatic N) is 2. The third-order valence-corrected chi connectivity index (χ3v) is 5.12. The fourth-order valence-corrected chi connectivity index (χ4v) is 3.30. The Labute approximate surface area is 205 Å². The van der Waals surface area contributed by atoms with Crippen LogP contribution < -0.4 is 20.7 Å². The van der Waals surface area contributed by atoms with E-state index in [0.29, 0.717) is 24.5 Å². The number of anilines is 2. The van der Waals surface area contributed by atoms with Gasteiger partial charge in [-0.25, -0.2) is 9.37 Å². The number of hydrogen-bond donors (Lipinski definition) is 4. The largest absolute Gasteiger partial charge is 0.494 e. The number of imidazole rings is 1. The third-order valence-electron chi connectivity index (χ3n) is 4.81. The molecule has 3 rings (SSSR count). The Hall–Kier alpha value is -3.96. The standard InChI is InChI=1S/C23H24ClFN6O4/c1-31(2)9-8-26-22(33)19-20(28-12-27-19)23(34)29-14-5-7-17(18(11-14)35-3)30-21(32)15-6-4-13(25)10-16(15)24/h4-7,10-12H,8-9H2,1-3H3,(H,26,33)(H,27,28)(H,29,34)(H,30,32). The Balaban J connectivity index is 1.71. The van der Waals surface area contributed by atoms with Crippen LogP contribution in [0.5, 0.6) is 5.75 Å². The number of nitrogens with one attached hydrogen (secondary N) is 4. The van der Waals surface area contributed by atoms with E-state index in [1.54, 1.807) is 0 Å². The summed E-state index contributed by atoms with van der Waals surface area (Å²) >= 11 is 5.95. The van der Waals surface area contributed by atoms with Gasteiger partial charge in [0.1, 0.15) is 17.3 Å². The van der Waals surface area contributed by atoms with Crippen molar-refractivity contribution in [3.8, 4) is 5.75 Å². The molecule has 1 heterocycles. The van der Waals surface area contributed by atoms with E-state index in [9.17, 15) is 18.8 Å². The molecule has 4 N–H and O–H groups in total. The van der Waals surface area contributed by atoms with Crippen LogP contribution in [0.15, 0.2) is 42.7 Å². The van der Waals surface area contributed by atoms with Gasteiger partial charge in [-0.3, -0.25) is 14.4 Å². The van der Waals surface area contributed by atoms with E-state index in [4.69, 9.17) is 16.3 Å². The number of carbonyl (C=O) groups is 3. The number of H-pyrrole nitrogens is 1. The molecule has 0 bridgehead atoms. The molecule has 12 heteroatoms. The Bertz CT molecular complexity index is 1250. The van der Waals surface area contributed by atoms with Crippen LogP contribution in [0.2, 0.25) is 5.02 Å². The number of carbonyl (C=O) groups excluding carboxylic acids is 3. The first-order valence-corrected chi connectivity index (χ1v) is 10.8. The highest BCUT2D eigenvalue weighted by Crippen LogP contribution is 2.29. The maximum absolute atomic E-state index is 13.3. The van der Waals surface area contributed by atoms with Crippen molar-refractivity contribution >= 4 is 40.7 Å². The first-order chi connectivity index (χ1) is 16.7. The second-order valence-corrected chi connectivity index (χ2v) is 8.04. The van der Waals surface area contributed by atoms with Crippen molar-refractivity contribution in [2.45, 2.75) is 0 Å². The lowest BCUT2D eigenvalue weighted by Gasteiger charge is -2.13. The molecule has 0 saturated carbocycles. The molecule has 0 unspecified atom stereocenters. The van der Waals surface area contributed by atoms with Gasteiger partial charge in [-0.05, 0) is 44.4 Å². The number of aromatic nitrogens is 2. The molecule has 35 heavy (non-hydrogen) atoms. The van der Waals surface area contributed by atoms with Crippen molar-refractivity contribution in [3.05, 3.63) is 70.5 Å². The van der Waals surface area contributed by atoms with Crippen molar-refractivity contribution in [1.29, 1.82) is 0 Å². The molecule has 3 aromatic rings. The Kier molecular flexibility index (Phi) is 8.39. The monoisotopic (exact) mass is 502 g/mol. The second-order valence-electron chi connectivity index (χ2n) is 7.63. The van der Waals surface area contributed by atoms with Gasteiger partial charge >= 0.3 is 0 Å². The van der Waals surface area contributed by atoms with Crippen LogP contribution in [-0.4, -0.2) is 66.9 Å². The van der Waals surface area contributed by atoms with Crippen LogP contribution in [0.25, 0.3) is 0 Å². The van der Waals surface area contributed by atoms with E-state index in [-0.39, 0.29) is 27.7 Å². The maximum atomic E-state index is 13.3. The molecule has 0 aliphatic heterocycles. The molecule has 0 radical (unpaired) electrons. The minimum Gasteiger partial charge on any atom is -0.494 e. The lowest BCUT2D eigenvalue weighted by Crippen LogP contribution is -2.32. The molecule has 10 nitrogen and oxygen atoms in total. The van der Waals surface area contributed by atoms with E-state index in [2.05, 4.69) is 25.9 Å². The maximum Gasteiger partial charge on any atom is 0.276 e. The molecule has 0 saturated heterocycles. The summed E-state index contributed by atoms with van der Waals surface area (Å²) in [6.07, 6.45) is 1.26. The van der Waals surface area contributed by atoms with Crippen molar-refractivity contribution < 1.29 is 23.5 Å². The van der Waals surface area contributed by atoms with Gasteiger partial charge in [0.2, 0.25) is 0 Å². The molecule has 0 atom stereocenters. The summed E-state index contributed by atoms with van der Waals surface area (Å²) in [4.78, 5) is 46.3. The average Bonchev–Trinajstić information content (AvgIpc) is 3.30. The molecular weight excluding hydrogens is 479 g/mol. The highest BCUT2D eigenvalue weighted by molar-refractivity contribution is 6.34. The van der Waals surface area contributed by atoms with E-state index in [1.807, 2.05) is 19.0 Å². The van der Waals surface area contributed by atoms with E-state index in [0.717, 1.165) is 12.1 Å². The first-order valence-electron chi connectivity index (χ1n) is 10.4. The van der Waals surface area contributed by atoms with Crippen LogP contribution in [0.3, 0.4) is 0 Å². The van der Waals surface area contributed by atoms with Crippen LogP contribution in [0.4, 0.5) is 15.8 Å². The summed E-state index contributed by atoms with van der Waals surface area (Å²) in [5.41, 5.74) is 0.689. The Morgan fingerprint density at radius 2 is 1.86 bits per heavy atom. The predicted molar refractivity (Wildman–Crippen MR) is 130 cm³/mol. The smallest absolute Gasteiger partial charge is 0.276 e. The zero-order valence-electron chi connectivity index (χ0n) is 19.2. The minimum absolute atomic E-state index is 0.0354. The van der Waals surface area contributed by atoms with Gasteiger partial charge in [-0.15, -0.1) is 0 Å². The number of ether oxygens (including phenoxy) is 1. The van der Waals surface area contributed by atoms with Gasteiger partial charge in [0.15, 0.2) is 5.69 Å². The SMILES string of the molecule is COc1cc(NC(=O)c2nc[nH]c2C(=O)NCCN(C)C)ccc1NC(=O)c1ccc(F)cc1Cl. The number of likely N-dealkylation sites (N-methyl/N-ethyl adjacent to an activating group) is 1. The number of amides is 3. The minimum atomic E-state index is -0.610. The van der Waals surface area contributed by atoms with Crippen LogP contribution in [0.1, 0.15) is 31.3 Å². The number of aromatic amines is 1. The van der Waals surface area contributed by atoms with Crippen molar-refractivity contribution in [1.82, 2.24) is 20.2 Å². The fourth-order valence-electron chi connectivity index (χ4n) is 3.05. The molecule has 2 aromatic carbocycles. The van der Waals surface area contributed by atoms with Crippen LogP contribution >= 0.6 is 11.6 Å². The zero-order chi connectivity index (χ0) is 25.5. The molecule has 0 spiro atoms. The third kappa shape index (κ3) is 6.55. The quantitative estimate of drug-likeness (QED) is 0.356. The van der Waals surface area contributed by atoms with Crippen molar-refractivity contribution in [2.24, 2.45) is 0 Å². The van der Waals surface area contributed by atoms with E-state index >= 15 is 0 Å². The Morgan fingerprint density at radius 1 is 1.09 bits per heavy atom. The molecule has 0 aliphatic rings. The molecular formula is C23H24ClFN6O4. The average molecular weight is 503 g/mol. The number of rotatable bonds is 9. The molecule has 3 amide bonds. The Morgan fingerprint density at radius 3 is 2.54 bits per heavy atom. The number of methoxy groups -OCH3 is 1. The zero-order valence-corrected chi connectivity index (χ0v) is 20.0. The van der Waals surface area contributed by atoms with E-state index < -0.39 is 23.5 Å². The van der Waals surface area contributed by atoms with E-state index in [1.165, 1.54) is 37.7 Å². The summed E-state index contributed by atoms with van der Waals surface area (Å²) in [7, 11) is 5.15. The summed E-state index contributed by atoms with van der Waals surface area (Å²) in [6, 6.07) is 7.98. The van der Waals surface area contributed by atoms with Crippen LogP contribution in [-0.2, 0) is 0 Å². The topological polar surface area (TPSA) is 128 Å². The number of benzene rings is 2. The van der Waals surface area contributed by atoms with Crippen molar-refractivity contribution in [2.75, 3.05) is 44.9 Å². The van der Waals surface area contributed by atoms with Gasteiger partial charge in [0, 0.05) is 24.8 Å². The first kappa shape index (κ1) is 25.7. The second kappa shape index (κ2) is 11.4. The molecule has 0 aliphatic carbocycles. The van der Waals surface area contributed by atoms with Crippen LogP contribution in [0, 0.1) is 5.82 Å². The predicted octanol–water partition coefficient (Wildman–Crippen LogP) is 3.01. The molecule has 1 aromatic heterocycles. The highest BCUT2D eigenvalue weighted by Gasteiger charge is 2.21. The van der Waals surface area contributed by atoms with Crippen molar-refractivity contribution in [3.63, 3.8) is 0 Å². The van der Waals surface area contributed by atoms with Gasteiger partial charge < -0.3 is 30.6 Å². The lowest BCUT2D eigenvalue weighted by molar-refractivity contribution is 0.0933. The number of halogens is 2. The van der Waals surface area contributed by atoms with Gasteiger partial charge in [0.05, 0.1) is 29.7 Å². The summed E-state index contributed by atoms with van der Waals surface area (Å²) in [5.74, 6) is -1.94. The number of hydrogen-bond acceptors (Lipinski definition) is 6.